The van der Waals surface area contributed by atoms with E-state index in [2.05, 4.69) is 0 Å². The van der Waals surface area contributed by atoms with E-state index in [4.69, 9.17) is 5.73 Å². The largest absolute Gasteiger partial charge is 0.442 e. The van der Waals surface area contributed by atoms with Crippen LogP contribution in [0.25, 0.3) is 0 Å². The van der Waals surface area contributed by atoms with Gasteiger partial charge < -0.3 is 10.6 Å². The number of carbonyl (C=O) groups excluding carboxylic acids is 1. The summed E-state index contributed by atoms with van der Waals surface area (Å²) in [6, 6.07) is -0.0985. The van der Waals surface area contributed by atoms with Crippen molar-refractivity contribution in [3.8, 4) is 0 Å². The van der Waals surface area contributed by atoms with Crippen LogP contribution in [0.5, 0.6) is 0 Å². The standard InChI is InChI=1S/C8H13F3N2OS/c9-8(10,11)15-5-7(14)13-3-1-2-6(12)4-13/h6H,1-5,12H2/t6-/m1/s1. The molecular formula is C8H13F3N2OS. The average molecular weight is 242 g/mol. The number of nitrogens with zero attached hydrogens (tertiary/aromatic N) is 1. The number of rotatable bonds is 2. The molecule has 1 fully saturated rings. The Bertz CT molecular complexity index is 234. The maximum Gasteiger partial charge on any atom is 0.442 e. The number of carbonyl (C=O) groups is 1. The van der Waals surface area contributed by atoms with E-state index >= 15 is 0 Å². The van der Waals surface area contributed by atoms with Crippen LogP contribution in [-0.2, 0) is 4.79 Å². The molecule has 3 nitrogen and oxygen atoms in total. The number of hydrogen-bond acceptors (Lipinski definition) is 3. The Morgan fingerprint density at radius 2 is 2.20 bits per heavy atom. The number of amides is 1. The van der Waals surface area contributed by atoms with Crippen molar-refractivity contribution in [2.75, 3.05) is 18.8 Å². The van der Waals surface area contributed by atoms with Crippen LogP contribution in [0, 0.1) is 0 Å². The van der Waals surface area contributed by atoms with Crippen molar-refractivity contribution in [1.82, 2.24) is 4.90 Å². The molecule has 2 N–H and O–H groups in total. The molecule has 1 saturated heterocycles. The minimum absolute atomic E-state index is 0.0985. The second-order valence-electron chi connectivity index (χ2n) is 3.48. The highest BCUT2D eigenvalue weighted by Crippen LogP contribution is 2.30. The summed E-state index contributed by atoms with van der Waals surface area (Å²) in [6.45, 7) is 0.891. The lowest BCUT2D eigenvalue weighted by atomic mass is 10.1. The van der Waals surface area contributed by atoms with Gasteiger partial charge in [-0.15, -0.1) is 0 Å². The summed E-state index contributed by atoms with van der Waals surface area (Å²) >= 11 is -0.295. The molecule has 0 aromatic heterocycles. The van der Waals surface area contributed by atoms with Crippen molar-refractivity contribution >= 4 is 17.7 Å². The third kappa shape index (κ3) is 4.74. The highest BCUT2D eigenvalue weighted by Gasteiger charge is 2.31. The van der Waals surface area contributed by atoms with Gasteiger partial charge in [-0.3, -0.25) is 4.79 Å². The maximum atomic E-state index is 11.8. The molecule has 88 valence electrons. The summed E-state index contributed by atoms with van der Waals surface area (Å²) in [5, 5.41) is 0. The van der Waals surface area contributed by atoms with Gasteiger partial charge in [-0.2, -0.15) is 13.2 Å². The van der Waals surface area contributed by atoms with Gasteiger partial charge in [0, 0.05) is 19.1 Å². The summed E-state index contributed by atoms with van der Waals surface area (Å²) in [5.41, 5.74) is 1.28. The minimum Gasteiger partial charge on any atom is -0.340 e. The summed E-state index contributed by atoms with van der Waals surface area (Å²) in [6.07, 6.45) is 1.60. The third-order valence-corrected chi connectivity index (χ3v) is 2.89. The third-order valence-electron chi connectivity index (χ3n) is 2.17. The number of likely N-dealkylation sites (tertiary alicyclic amines) is 1. The number of nitrogens with two attached hydrogens (primary N) is 1. The van der Waals surface area contributed by atoms with Gasteiger partial charge in [0.2, 0.25) is 5.91 Å². The van der Waals surface area contributed by atoms with Crippen molar-refractivity contribution in [2.24, 2.45) is 5.73 Å². The normalized spacial score (nSPS) is 22.9. The van der Waals surface area contributed by atoms with E-state index in [1.54, 1.807) is 0 Å². The molecule has 1 amide bonds. The van der Waals surface area contributed by atoms with Crippen molar-refractivity contribution in [2.45, 2.75) is 24.4 Å². The Hall–Kier alpha value is -0.430. The predicted molar refractivity (Wildman–Crippen MR) is 52.3 cm³/mol. The molecule has 0 spiro atoms. The summed E-state index contributed by atoms with van der Waals surface area (Å²) < 4.78 is 35.5. The molecule has 1 atom stereocenters. The molecule has 0 aromatic rings. The fourth-order valence-electron chi connectivity index (χ4n) is 1.47. The maximum absolute atomic E-state index is 11.8. The Morgan fingerprint density at radius 1 is 1.53 bits per heavy atom. The van der Waals surface area contributed by atoms with E-state index < -0.39 is 17.2 Å². The lowest BCUT2D eigenvalue weighted by molar-refractivity contribution is -0.129. The molecule has 1 aliphatic heterocycles. The number of hydrogen-bond donors (Lipinski definition) is 1. The van der Waals surface area contributed by atoms with E-state index in [1.807, 2.05) is 0 Å². The lowest BCUT2D eigenvalue weighted by Gasteiger charge is -2.30. The minimum atomic E-state index is -4.34. The van der Waals surface area contributed by atoms with Gasteiger partial charge in [-0.05, 0) is 24.6 Å². The summed E-state index contributed by atoms with van der Waals surface area (Å²) in [5.74, 6) is -1.02. The Kier molecular flexibility index (Phi) is 4.27. The number of thioether (sulfide) groups is 1. The van der Waals surface area contributed by atoms with Gasteiger partial charge in [-0.1, -0.05) is 0 Å². The number of alkyl halides is 3. The van der Waals surface area contributed by atoms with E-state index in [0.717, 1.165) is 12.8 Å². The zero-order valence-corrected chi connectivity index (χ0v) is 8.90. The lowest BCUT2D eigenvalue weighted by Crippen LogP contribution is -2.46. The van der Waals surface area contributed by atoms with Crippen LogP contribution in [0.15, 0.2) is 0 Å². The van der Waals surface area contributed by atoms with Gasteiger partial charge >= 0.3 is 5.51 Å². The van der Waals surface area contributed by atoms with Crippen molar-refractivity contribution < 1.29 is 18.0 Å². The first kappa shape index (κ1) is 12.6. The summed E-state index contributed by atoms with van der Waals surface area (Å²) in [7, 11) is 0. The van der Waals surface area contributed by atoms with E-state index in [0.29, 0.717) is 13.1 Å². The molecule has 0 radical (unpaired) electrons. The fourth-order valence-corrected chi connectivity index (χ4v) is 1.94. The highest BCUT2D eigenvalue weighted by molar-refractivity contribution is 8.00. The van der Waals surface area contributed by atoms with Gasteiger partial charge in [0.15, 0.2) is 0 Å². The van der Waals surface area contributed by atoms with Gasteiger partial charge in [0.05, 0.1) is 5.75 Å². The predicted octanol–water partition coefficient (Wildman–Crippen LogP) is 1.19. The molecule has 0 aromatic carbocycles. The van der Waals surface area contributed by atoms with Crippen LogP contribution in [-0.4, -0.2) is 41.2 Å². The average Bonchev–Trinajstić information content (AvgIpc) is 2.13. The second kappa shape index (κ2) is 5.07. The number of piperidine rings is 1. The van der Waals surface area contributed by atoms with Crippen molar-refractivity contribution in [3.63, 3.8) is 0 Å². The molecule has 1 heterocycles. The van der Waals surface area contributed by atoms with Crippen molar-refractivity contribution in [3.05, 3.63) is 0 Å². The van der Waals surface area contributed by atoms with Crippen LogP contribution in [0.2, 0.25) is 0 Å². The quantitative estimate of drug-likeness (QED) is 0.791. The second-order valence-corrected chi connectivity index (χ2v) is 4.52. The Labute approximate surface area is 90.2 Å². The monoisotopic (exact) mass is 242 g/mol. The molecule has 0 aliphatic carbocycles. The smallest absolute Gasteiger partial charge is 0.340 e. The molecule has 1 rings (SSSR count). The van der Waals surface area contributed by atoms with Gasteiger partial charge in [0.25, 0.3) is 0 Å². The molecule has 7 heteroatoms. The molecule has 0 unspecified atom stereocenters. The Morgan fingerprint density at radius 3 is 2.73 bits per heavy atom. The van der Waals surface area contributed by atoms with Crippen LogP contribution < -0.4 is 5.73 Å². The first-order chi connectivity index (χ1) is 6.88. The summed E-state index contributed by atoms with van der Waals surface area (Å²) in [4.78, 5) is 12.7. The first-order valence-electron chi connectivity index (χ1n) is 4.62. The van der Waals surface area contributed by atoms with Gasteiger partial charge in [-0.25, -0.2) is 0 Å². The molecular weight excluding hydrogens is 229 g/mol. The van der Waals surface area contributed by atoms with Crippen LogP contribution in [0.4, 0.5) is 13.2 Å². The van der Waals surface area contributed by atoms with Crippen LogP contribution in [0.1, 0.15) is 12.8 Å². The van der Waals surface area contributed by atoms with Crippen LogP contribution >= 0.6 is 11.8 Å². The van der Waals surface area contributed by atoms with Crippen molar-refractivity contribution in [1.29, 1.82) is 0 Å². The highest BCUT2D eigenvalue weighted by atomic mass is 32.2. The zero-order valence-electron chi connectivity index (χ0n) is 8.09. The topological polar surface area (TPSA) is 46.3 Å². The molecule has 0 saturated carbocycles. The van der Waals surface area contributed by atoms with E-state index in [1.165, 1.54) is 4.90 Å². The molecule has 1 aliphatic rings. The number of halogens is 3. The molecule has 15 heavy (non-hydrogen) atoms. The van der Waals surface area contributed by atoms with Crippen LogP contribution in [0.3, 0.4) is 0 Å². The van der Waals surface area contributed by atoms with E-state index in [9.17, 15) is 18.0 Å². The SMILES string of the molecule is N[C@@H]1CCCN(C(=O)CSC(F)(F)F)C1. The fraction of sp³-hybridized carbons (Fsp3) is 0.875. The first-order valence-corrected chi connectivity index (χ1v) is 5.61. The van der Waals surface area contributed by atoms with Gasteiger partial charge in [0.1, 0.15) is 0 Å². The van der Waals surface area contributed by atoms with E-state index in [-0.39, 0.29) is 17.8 Å². The zero-order chi connectivity index (χ0) is 11.5. The molecule has 0 bridgehead atoms. The Balaban J connectivity index is 2.33.